The van der Waals surface area contributed by atoms with E-state index in [2.05, 4.69) is 45.1 Å². The molecule has 0 aromatic heterocycles. The predicted octanol–water partition coefficient (Wildman–Crippen LogP) is 3.02. The number of hydrogen-bond acceptors (Lipinski definition) is 3. The quantitative estimate of drug-likeness (QED) is 0.841. The van der Waals surface area contributed by atoms with Crippen LogP contribution in [0.2, 0.25) is 0 Å². The molecule has 0 bridgehead atoms. The third kappa shape index (κ3) is 5.25. The lowest BCUT2D eigenvalue weighted by molar-refractivity contribution is 0.558. The smallest absolute Gasteiger partial charge is 0.152 e. The molecule has 0 spiro atoms. The van der Waals surface area contributed by atoms with Crippen LogP contribution in [0.4, 0.5) is 0 Å². The van der Waals surface area contributed by atoms with Crippen LogP contribution in [-0.4, -0.2) is 27.0 Å². The minimum absolute atomic E-state index is 0.133. The van der Waals surface area contributed by atoms with Gasteiger partial charge in [-0.05, 0) is 49.9 Å². The zero-order valence-electron chi connectivity index (χ0n) is 13.2. The summed E-state index contributed by atoms with van der Waals surface area (Å²) in [5.74, 6) is 0.853. The van der Waals surface area contributed by atoms with Crippen molar-refractivity contribution >= 4 is 9.84 Å². The Morgan fingerprint density at radius 2 is 1.80 bits per heavy atom. The highest BCUT2D eigenvalue weighted by molar-refractivity contribution is 7.91. The first-order valence-electron chi connectivity index (χ1n) is 7.20. The van der Waals surface area contributed by atoms with Gasteiger partial charge in [-0.2, -0.15) is 0 Å². The minimum Gasteiger partial charge on any atom is -0.312 e. The molecule has 1 atom stereocenters. The molecule has 4 heteroatoms. The standard InChI is InChI=1S/C16H27NO2S/c1-12(2)8-9-20(18,19)11-16(17-5)15-7-6-13(3)14(4)10-15/h6-7,10,12,16-17H,8-9,11H2,1-5H3. The summed E-state index contributed by atoms with van der Waals surface area (Å²) < 4.78 is 24.4. The van der Waals surface area contributed by atoms with E-state index in [9.17, 15) is 8.42 Å². The van der Waals surface area contributed by atoms with Crippen LogP contribution in [0.3, 0.4) is 0 Å². The van der Waals surface area contributed by atoms with E-state index in [0.29, 0.717) is 5.92 Å². The Morgan fingerprint density at radius 3 is 2.30 bits per heavy atom. The number of hydrogen-bond donors (Lipinski definition) is 1. The minimum atomic E-state index is -3.02. The summed E-state index contributed by atoms with van der Waals surface area (Å²) in [6.07, 6.45) is 0.728. The molecule has 0 radical (unpaired) electrons. The number of rotatable bonds is 7. The Labute approximate surface area is 123 Å². The van der Waals surface area contributed by atoms with Crippen molar-refractivity contribution in [3.8, 4) is 0 Å². The summed E-state index contributed by atoms with van der Waals surface area (Å²) in [5, 5.41) is 3.13. The van der Waals surface area contributed by atoms with Gasteiger partial charge in [0.05, 0.1) is 11.5 Å². The Balaban J connectivity index is 2.83. The molecule has 1 aromatic carbocycles. The van der Waals surface area contributed by atoms with Gasteiger partial charge < -0.3 is 5.32 Å². The lowest BCUT2D eigenvalue weighted by atomic mass is 10.0. The van der Waals surface area contributed by atoms with Crippen molar-refractivity contribution in [2.75, 3.05) is 18.6 Å². The first kappa shape index (κ1) is 17.2. The fourth-order valence-corrected chi connectivity index (χ4v) is 3.94. The molecule has 0 saturated carbocycles. The molecule has 0 aliphatic heterocycles. The number of sulfone groups is 1. The number of benzene rings is 1. The van der Waals surface area contributed by atoms with Gasteiger partial charge in [0.15, 0.2) is 9.84 Å². The van der Waals surface area contributed by atoms with Crippen molar-refractivity contribution in [3.05, 3.63) is 34.9 Å². The maximum absolute atomic E-state index is 12.2. The van der Waals surface area contributed by atoms with Gasteiger partial charge in [0.2, 0.25) is 0 Å². The van der Waals surface area contributed by atoms with Crippen molar-refractivity contribution in [1.29, 1.82) is 0 Å². The predicted molar refractivity (Wildman–Crippen MR) is 85.8 cm³/mol. The molecule has 1 aromatic rings. The van der Waals surface area contributed by atoms with Gasteiger partial charge in [0.25, 0.3) is 0 Å². The number of aryl methyl sites for hydroxylation is 2. The molecule has 0 fully saturated rings. The van der Waals surface area contributed by atoms with E-state index in [1.807, 2.05) is 13.1 Å². The molecule has 1 N–H and O–H groups in total. The van der Waals surface area contributed by atoms with Crippen molar-refractivity contribution in [3.63, 3.8) is 0 Å². The van der Waals surface area contributed by atoms with Gasteiger partial charge in [-0.15, -0.1) is 0 Å². The summed E-state index contributed by atoms with van der Waals surface area (Å²) in [6, 6.07) is 6.01. The van der Waals surface area contributed by atoms with Crippen molar-refractivity contribution < 1.29 is 8.42 Å². The fraction of sp³-hybridized carbons (Fsp3) is 0.625. The average molecular weight is 297 g/mol. The van der Waals surface area contributed by atoms with E-state index < -0.39 is 9.84 Å². The second kappa shape index (κ2) is 7.23. The van der Waals surface area contributed by atoms with Crippen LogP contribution >= 0.6 is 0 Å². The number of nitrogens with one attached hydrogen (secondary N) is 1. The molecule has 0 amide bonds. The van der Waals surface area contributed by atoms with Crippen molar-refractivity contribution in [2.24, 2.45) is 5.92 Å². The Morgan fingerprint density at radius 1 is 1.15 bits per heavy atom. The third-order valence-electron chi connectivity index (χ3n) is 3.71. The lowest BCUT2D eigenvalue weighted by Gasteiger charge is -2.18. The van der Waals surface area contributed by atoms with Crippen molar-refractivity contribution in [2.45, 2.75) is 40.2 Å². The van der Waals surface area contributed by atoms with Crippen LogP contribution < -0.4 is 5.32 Å². The SMILES string of the molecule is CNC(CS(=O)(=O)CCC(C)C)c1ccc(C)c(C)c1. The molecule has 1 rings (SSSR count). The first-order chi connectivity index (χ1) is 9.25. The van der Waals surface area contributed by atoms with E-state index in [0.717, 1.165) is 12.0 Å². The van der Waals surface area contributed by atoms with Gasteiger partial charge in [0, 0.05) is 6.04 Å². The highest BCUT2D eigenvalue weighted by atomic mass is 32.2. The van der Waals surface area contributed by atoms with Crippen LogP contribution in [0.15, 0.2) is 18.2 Å². The monoisotopic (exact) mass is 297 g/mol. The van der Waals surface area contributed by atoms with Gasteiger partial charge in [-0.3, -0.25) is 0 Å². The zero-order chi connectivity index (χ0) is 15.3. The van der Waals surface area contributed by atoms with Crippen LogP contribution in [0, 0.1) is 19.8 Å². The van der Waals surface area contributed by atoms with Gasteiger partial charge >= 0.3 is 0 Å². The summed E-state index contributed by atoms with van der Waals surface area (Å²) in [5.41, 5.74) is 3.47. The van der Waals surface area contributed by atoms with E-state index in [1.165, 1.54) is 11.1 Å². The van der Waals surface area contributed by atoms with Gasteiger partial charge in [-0.1, -0.05) is 32.0 Å². The fourth-order valence-electron chi connectivity index (χ4n) is 2.08. The molecule has 0 aliphatic carbocycles. The summed E-state index contributed by atoms with van der Waals surface area (Å²) in [4.78, 5) is 0. The van der Waals surface area contributed by atoms with Crippen LogP contribution in [0.5, 0.6) is 0 Å². The summed E-state index contributed by atoms with van der Waals surface area (Å²) in [6.45, 7) is 8.22. The van der Waals surface area contributed by atoms with Gasteiger partial charge in [0.1, 0.15) is 0 Å². The maximum Gasteiger partial charge on any atom is 0.152 e. The van der Waals surface area contributed by atoms with Crippen LogP contribution in [0.1, 0.15) is 43.0 Å². The van der Waals surface area contributed by atoms with Gasteiger partial charge in [-0.25, -0.2) is 8.42 Å². The summed E-state index contributed by atoms with van der Waals surface area (Å²) >= 11 is 0. The van der Waals surface area contributed by atoms with Crippen LogP contribution in [0.25, 0.3) is 0 Å². The second-order valence-corrected chi connectivity index (χ2v) is 8.21. The molecule has 0 heterocycles. The van der Waals surface area contributed by atoms with E-state index in [4.69, 9.17) is 0 Å². The second-order valence-electron chi connectivity index (χ2n) is 5.98. The van der Waals surface area contributed by atoms with Crippen molar-refractivity contribution in [1.82, 2.24) is 5.32 Å². The van der Waals surface area contributed by atoms with E-state index >= 15 is 0 Å². The molecule has 3 nitrogen and oxygen atoms in total. The molecule has 0 aliphatic rings. The first-order valence-corrected chi connectivity index (χ1v) is 9.02. The summed E-state index contributed by atoms with van der Waals surface area (Å²) in [7, 11) is -1.20. The third-order valence-corrected chi connectivity index (χ3v) is 5.41. The zero-order valence-corrected chi connectivity index (χ0v) is 14.0. The van der Waals surface area contributed by atoms with E-state index in [-0.39, 0.29) is 17.5 Å². The van der Waals surface area contributed by atoms with E-state index in [1.54, 1.807) is 0 Å². The molecule has 1 unspecified atom stereocenters. The average Bonchev–Trinajstić information content (AvgIpc) is 2.37. The Kier molecular flexibility index (Phi) is 6.21. The topological polar surface area (TPSA) is 46.2 Å². The van der Waals surface area contributed by atoms with Crippen LogP contribution in [-0.2, 0) is 9.84 Å². The molecule has 0 saturated heterocycles. The lowest BCUT2D eigenvalue weighted by Crippen LogP contribution is -2.27. The Hall–Kier alpha value is -0.870. The molecule has 114 valence electrons. The highest BCUT2D eigenvalue weighted by Gasteiger charge is 2.20. The normalized spacial score (nSPS) is 13.7. The largest absolute Gasteiger partial charge is 0.312 e. The maximum atomic E-state index is 12.2. The molecular formula is C16H27NO2S. The highest BCUT2D eigenvalue weighted by Crippen LogP contribution is 2.19. The molecule has 20 heavy (non-hydrogen) atoms. The Bertz CT molecular complexity index is 535. The molecular weight excluding hydrogens is 270 g/mol.